The molecule has 0 aromatic heterocycles. The Kier molecular flexibility index (Phi) is 5.79. The number of thioether (sulfide) groups is 1. The molecule has 0 radical (unpaired) electrons. The normalized spacial score (nSPS) is 10.3. The Morgan fingerprint density at radius 3 is 2.50 bits per heavy atom. The summed E-state index contributed by atoms with van der Waals surface area (Å²) in [5.41, 5.74) is 0.450. The summed E-state index contributed by atoms with van der Waals surface area (Å²) < 4.78 is 5.58. The molecule has 0 aliphatic heterocycles. The zero-order valence-electron chi connectivity index (χ0n) is 10.7. The van der Waals surface area contributed by atoms with Crippen molar-refractivity contribution in [3.63, 3.8) is 0 Å². The second-order valence-corrected chi connectivity index (χ2v) is 5.70. The monoisotopic (exact) mass is 308 g/mol. The Labute approximate surface area is 127 Å². The molecule has 0 unspecified atom stereocenters. The maximum Gasteiger partial charge on any atom is 0.488 e. The van der Waals surface area contributed by atoms with E-state index in [1.165, 1.54) is 0 Å². The molecule has 0 amide bonds. The zero-order chi connectivity index (χ0) is 14.4. The third-order valence-electron chi connectivity index (χ3n) is 2.60. The Bertz CT molecular complexity index is 548. The summed E-state index contributed by atoms with van der Waals surface area (Å²) in [5.74, 6) is 1.52. The standard InChI is InChI=1S/C14H14BClO3S/c16-12-2-1-3-14(10-12)20-9-8-19-13-6-4-11(5-7-13)15(17)18/h1-7,10,17-18H,8-9H2. The highest BCUT2D eigenvalue weighted by Crippen LogP contribution is 2.21. The molecule has 6 heteroatoms. The van der Waals surface area contributed by atoms with Gasteiger partial charge in [0.05, 0.1) is 6.61 Å². The molecule has 0 aliphatic rings. The van der Waals surface area contributed by atoms with Crippen molar-refractivity contribution in [3.8, 4) is 5.75 Å². The molecule has 0 saturated heterocycles. The van der Waals surface area contributed by atoms with E-state index in [2.05, 4.69) is 0 Å². The Morgan fingerprint density at radius 1 is 1.10 bits per heavy atom. The molecule has 0 bridgehead atoms. The van der Waals surface area contributed by atoms with E-state index in [0.29, 0.717) is 17.8 Å². The summed E-state index contributed by atoms with van der Waals surface area (Å²) in [6.07, 6.45) is 0. The lowest BCUT2D eigenvalue weighted by Crippen LogP contribution is -2.29. The first-order chi connectivity index (χ1) is 9.65. The molecule has 2 rings (SSSR count). The first kappa shape index (κ1) is 15.3. The lowest BCUT2D eigenvalue weighted by molar-refractivity contribution is 0.344. The summed E-state index contributed by atoms with van der Waals surface area (Å²) in [5, 5.41) is 18.7. The van der Waals surface area contributed by atoms with Crippen LogP contribution in [0.15, 0.2) is 53.4 Å². The van der Waals surface area contributed by atoms with Crippen molar-refractivity contribution < 1.29 is 14.8 Å². The van der Waals surface area contributed by atoms with Crippen LogP contribution in [0.4, 0.5) is 0 Å². The quantitative estimate of drug-likeness (QED) is 0.488. The third kappa shape index (κ3) is 4.76. The van der Waals surface area contributed by atoms with E-state index in [4.69, 9.17) is 26.4 Å². The van der Waals surface area contributed by atoms with Crippen LogP contribution in [0.5, 0.6) is 5.75 Å². The van der Waals surface area contributed by atoms with Crippen LogP contribution in [-0.4, -0.2) is 29.5 Å². The fourth-order valence-corrected chi connectivity index (χ4v) is 2.65. The molecule has 2 aromatic carbocycles. The van der Waals surface area contributed by atoms with Gasteiger partial charge in [0.2, 0.25) is 0 Å². The Hall–Kier alpha value is -1.14. The van der Waals surface area contributed by atoms with E-state index in [9.17, 15) is 0 Å². The second kappa shape index (κ2) is 7.60. The number of hydrogen-bond donors (Lipinski definition) is 2. The van der Waals surface area contributed by atoms with Gasteiger partial charge in [0, 0.05) is 15.7 Å². The number of rotatable bonds is 6. The van der Waals surface area contributed by atoms with Crippen LogP contribution in [0.3, 0.4) is 0 Å². The van der Waals surface area contributed by atoms with Gasteiger partial charge >= 0.3 is 7.12 Å². The van der Waals surface area contributed by atoms with Gasteiger partial charge < -0.3 is 14.8 Å². The van der Waals surface area contributed by atoms with E-state index < -0.39 is 7.12 Å². The van der Waals surface area contributed by atoms with Crippen molar-refractivity contribution in [2.45, 2.75) is 4.90 Å². The van der Waals surface area contributed by atoms with E-state index in [-0.39, 0.29) is 0 Å². The van der Waals surface area contributed by atoms with Crippen molar-refractivity contribution in [2.24, 2.45) is 0 Å². The highest BCUT2D eigenvalue weighted by atomic mass is 35.5. The molecular formula is C14H14BClO3S. The number of benzene rings is 2. The second-order valence-electron chi connectivity index (χ2n) is 4.10. The van der Waals surface area contributed by atoms with Gasteiger partial charge in [0.25, 0.3) is 0 Å². The van der Waals surface area contributed by atoms with Crippen molar-refractivity contribution in [2.75, 3.05) is 12.4 Å². The van der Waals surface area contributed by atoms with Crippen LogP contribution in [0, 0.1) is 0 Å². The van der Waals surface area contributed by atoms with Crippen LogP contribution in [0.25, 0.3) is 0 Å². The maximum absolute atomic E-state index is 8.98. The predicted octanol–water partition coefficient (Wildman–Crippen LogP) is 2.19. The summed E-state index contributed by atoms with van der Waals surface area (Å²) >= 11 is 7.58. The van der Waals surface area contributed by atoms with E-state index in [1.54, 1.807) is 36.0 Å². The maximum atomic E-state index is 8.98. The largest absolute Gasteiger partial charge is 0.493 e. The van der Waals surface area contributed by atoms with Crippen molar-refractivity contribution >= 4 is 35.9 Å². The topological polar surface area (TPSA) is 49.7 Å². The van der Waals surface area contributed by atoms with Gasteiger partial charge in [-0.25, -0.2) is 0 Å². The van der Waals surface area contributed by atoms with Crippen LogP contribution in [0.1, 0.15) is 0 Å². The SMILES string of the molecule is OB(O)c1ccc(OCCSc2cccc(Cl)c2)cc1. The average Bonchev–Trinajstić information content (AvgIpc) is 2.44. The highest BCUT2D eigenvalue weighted by molar-refractivity contribution is 7.99. The average molecular weight is 309 g/mol. The van der Waals surface area contributed by atoms with Gasteiger partial charge in [-0.15, -0.1) is 11.8 Å². The van der Waals surface area contributed by atoms with Gasteiger partial charge in [-0.2, -0.15) is 0 Å². The molecule has 0 atom stereocenters. The Morgan fingerprint density at radius 2 is 1.85 bits per heavy atom. The minimum Gasteiger partial charge on any atom is -0.493 e. The summed E-state index contributed by atoms with van der Waals surface area (Å²) in [6, 6.07) is 14.4. The molecule has 0 spiro atoms. The van der Waals surface area contributed by atoms with Gasteiger partial charge in [-0.3, -0.25) is 0 Å². The minimum atomic E-state index is -1.44. The van der Waals surface area contributed by atoms with Crippen molar-refractivity contribution in [1.82, 2.24) is 0 Å². The van der Waals surface area contributed by atoms with Gasteiger partial charge in [0.1, 0.15) is 5.75 Å². The smallest absolute Gasteiger partial charge is 0.488 e. The first-order valence-corrected chi connectivity index (χ1v) is 7.49. The van der Waals surface area contributed by atoms with E-state index in [0.717, 1.165) is 15.7 Å². The van der Waals surface area contributed by atoms with Gasteiger partial charge in [-0.05, 0) is 35.8 Å². The molecule has 3 nitrogen and oxygen atoms in total. The highest BCUT2D eigenvalue weighted by Gasteiger charge is 2.09. The van der Waals surface area contributed by atoms with Crippen LogP contribution >= 0.6 is 23.4 Å². The van der Waals surface area contributed by atoms with Crippen molar-refractivity contribution in [3.05, 3.63) is 53.6 Å². The molecule has 0 aliphatic carbocycles. The molecule has 0 fully saturated rings. The molecule has 104 valence electrons. The van der Waals surface area contributed by atoms with Crippen LogP contribution in [-0.2, 0) is 0 Å². The minimum absolute atomic E-state index is 0.450. The molecule has 0 saturated carbocycles. The van der Waals surface area contributed by atoms with E-state index >= 15 is 0 Å². The molecule has 20 heavy (non-hydrogen) atoms. The summed E-state index contributed by atoms with van der Waals surface area (Å²) in [7, 11) is -1.44. The fourth-order valence-electron chi connectivity index (χ4n) is 1.61. The lowest BCUT2D eigenvalue weighted by atomic mass is 9.80. The zero-order valence-corrected chi connectivity index (χ0v) is 12.3. The summed E-state index contributed by atoms with van der Waals surface area (Å²) in [6.45, 7) is 0.568. The van der Waals surface area contributed by atoms with Crippen LogP contribution in [0.2, 0.25) is 5.02 Å². The number of hydrogen-bond acceptors (Lipinski definition) is 4. The molecule has 0 heterocycles. The molecule has 2 N–H and O–H groups in total. The number of halogens is 1. The number of ether oxygens (including phenoxy) is 1. The van der Waals surface area contributed by atoms with Crippen LogP contribution < -0.4 is 10.2 Å². The molecular weight excluding hydrogens is 294 g/mol. The predicted molar refractivity (Wildman–Crippen MR) is 83.9 cm³/mol. The fraction of sp³-hybridized carbons (Fsp3) is 0.143. The third-order valence-corrected chi connectivity index (χ3v) is 3.79. The van der Waals surface area contributed by atoms with Crippen molar-refractivity contribution in [1.29, 1.82) is 0 Å². The summed E-state index contributed by atoms with van der Waals surface area (Å²) in [4.78, 5) is 1.11. The van der Waals surface area contributed by atoms with Gasteiger partial charge in [-0.1, -0.05) is 29.8 Å². The lowest BCUT2D eigenvalue weighted by Gasteiger charge is -2.07. The van der Waals surface area contributed by atoms with Gasteiger partial charge in [0.15, 0.2) is 0 Å². The first-order valence-electron chi connectivity index (χ1n) is 6.12. The Balaban J connectivity index is 1.75. The van der Waals surface area contributed by atoms with E-state index in [1.807, 2.05) is 24.3 Å². The molecule has 2 aromatic rings.